The quantitative estimate of drug-likeness (QED) is 0.523. The van der Waals surface area contributed by atoms with E-state index in [9.17, 15) is 9.59 Å². The van der Waals surface area contributed by atoms with E-state index < -0.39 is 6.10 Å². The Morgan fingerprint density at radius 1 is 1.12 bits per heavy atom. The first-order chi connectivity index (χ1) is 15.6. The summed E-state index contributed by atoms with van der Waals surface area (Å²) in [5.41, 5.74) is 1.56. The molecule has 1 aliphatic heterocycles. The molecule has 32 heavy (non-hydrogen) atoms. The molecule has 6 nitrogen and oxygen atoms in total. The van der Waals surface area contributed by atoms with Crippen LogP contribution in [-0.2, 0) is 9.59 Å². The fourth-order valence-corrected chi connectivity index (χ4v) is 3.96. The highest BCUT2D eigenvalue weighted by Gasteiger charge is 2.22. The minimum Gasteiger partial charge on any atom is -0.481 e. The highest BCUT2D eigenvalue weighted by molar-refractivity contribution is 5.96. The SMILES string of the molecule is CCCCC(Oc1ccc2ccncc2c1)C(=O)Nc1ccc(N2CCCCC2=O)cc1. The van der Waals surface area contributed by atoms with E-state index in [-0.39, 0.29) is 11.8 Å². The Labute approximate surface area is 188 Å². The smallest absolute Gasteiger partial charge is 0.265 e. The second-order valence-electron chi connectivity index (χ2n) is 8.17. The van der Waals surface area contributed by atoms with E-state index in [1.54, 1.807) is 12.4 Å². The predicted molar refractivity (Wildman–Crippen MR) is 127 cm³/mol. The molecule has 6 heteroatoms. The largest absolute Gasteiger partial charge is 0.481 e. The van der Waals surface area contributed by atoms with Crippen molar-refractivity contribution in [2.75, 3.05) is 16.8 Å². The number of hydrogen-bond acceptors (Lipinski definition) is 4. The van der Waals surface area contributed by atoms with Crippen molar-refractivity contribution >= 4 is 34.0 Å². The van der Waals surface area contributed by atoms with E-state index in [1.165, 1.54) is 0 Å². The summed E-state index contributed by atoms with van der Waals surface area (Å²) in [7, 11) is 0. The van der Waals surface area contributed by atoms with Crippen LogP contribution in [0.5, 0.6) is 5.75 Å². The Hall–Kier alpha value is -3.41. The summed E-state index contributed by atoms with van der Waals surface area (Å²) in [6, 6.07) is 15.2. The molecule has 0 spiro atoms. The highest BCUT2D eigenvalue weighted by atomic mass is 16.5. The number of fused-ring (bicyclic) bond motifs is 1. The Balaban J connectivity index is 1.44. The number of anilines is 2. The summed E-state index contributed by atoms with van der Waals surface area (Å²) in [4.78, 5) is 31.1. The van der Waals surface area contributed by atoms with Gasteiger partial charge in [-0.2, -0.15) is 0 Å². The number of nitrogens with zero attached hydrogens (tertiary/aromatic N) is 2. The lowest BCUT2D eigenvalue weighted by molar-refractivity contribution is -0.123. The summed E-state index contributed by atoms with van der Waals surface area (Å²) in [5, 5.41) is 5.02. The molecule has 0 saturated carbocycles. The molecule has 4 rings (SSSR count). The normalized spacial score (nSPS) is 14.9. The molecule has 1 N–H and O–H groups in total. The number of rotatable bonds is 8. The van der Waals surface area contributed by atoms with Gasteiger partial charge in [-0.25, -0.2) is 0 Å². The first kappa shape index (κ1) is 21.8. The van der Waals surface area contributed by atoms with Gasteiger partial charge in [-0.15, -0.1) is 0 Å². The number of pyridine rings is 1. The number of carbonyl (C=O) groups excluding carboxylic acids is 2. The zero-order valence-electron chi connectivity index (χ0n) is 18.4. The van der Waals surface area contributed by atoms with Crippen LogP contribution >= 0.6 is 0 Å². The molecule has 0 aliphatic carbocycles. The molecular weight excluding hydrogens is 402 g/mol. The van der Waals surface area contributed by atoms with Crippen molar-refractivity contribution in [1.29, 1.82) is 0 Å². The Morgan fingerprint density at radius 3 is 2.75 bits per heavy atom. The Morgan fingerprint density at radius 2 is 1.97 bits per heavy atom. The maximum Gasteiger partial charge on any atom is 0.265 e. The molecule has 2 aromatic carbocycles. The van der Waals surface area contributed by atoms with E-state index in [4.69, 9.17) is 4.74 Å². The molecule has 0 radical (unpaired) electrons. The summed E-state index contributed by atoms with van der Waals surface area (Å²) in [5.74, 6) is 0.638. The van der Waals surface area contributed by atoms with Crippen LogP contribution in [0.25, 0.3) is 10.8 Å². The summed E-state index contributed by atoms with van der Waals surface area (Å²) < 4.78 is 6.10. The van der Waals surface area contributed by atoms with Crippen molar-refractivity contribution in [3.05, 3.63) is 60.9 Å². The van der Waals surface area contributed by atoms with Gasteiger partial charge in [0.2, 0.25) is 5.91 Å². The zero-order chi connectivity index (χ0) is 22.3. The maximum absolute atomic E-state index is 13.0. The molecule has 2 heterocycles. The van der Waals surface area contributed by atoms with Crippen LogP contribution in [0.2, 0.25) is 0 Å². The molecule has 3 aromatic rings. The monoisotopic (exact) mass is 431 g/mol. The number of benzene rings is 2. The van der Waals surface area contributed by atoms with Crippen molar-refractivity contribution < 1.29 is 14.3 Å². The second kappa shape index (κ2) is 10.3. The molecular formula is C26H29N3O3. The van der Waals surface area contributed by atoms with Gasteiger partial charge < -0.3 is 15.0 Å². The van der Waals surface area contributed by atoms with Crippen LogP contribution < -0.4 is 15.0 Å². The van der Waals surface area contributed by atoms with E-state index in [2.05, 4.69) is 17.2 Å². The fourth-order valence-electron chi connectivity index (χ4n) is 3.96. The average Bonchev–Trinajstić information content (AvgIpc) is 2.82. The number of aromatic nitrogens is 1. The predicted octanol–water partition coefficient (Wildman–Crippen LogP) is 5.33. The lowest BCUT2D eigenvalue weighted by Crippen LogP contribution is -2.35. The average molecular weight is 432 g/mol. The van der Waals surface area contributed by atoms with Gasteiger partial charge in [0.15, 0.2) is 6.10 Å². The molecule has 1 saturated heterocycles. The topological polar surface area (TPSA) is 71.5 Å². The van der Waals surface area contributed by atoms with Gasteiger partial charge in [-0.1, -0.05) is 19.4 Å². The second-order valence-corrected chi connectivity index (χ2v) is 8.17. The van der Waals surface area contributed by atoms with Crippen LogP contribution in [-0.4, -0.2) is 29.4 Å². The molecule has 1 atom stereocenters. The highest BCUT2D eigenvalue weighted by Crippen LogP contribution is 2.24. The number of nitrogens with one attached hydrogen (secondary N) is 1. The van der Waals surface area contributed by atoms with Crippen LogP contribution in [0.3, 0.4) is 0 Å². The fraction of sp³-hybridized carbons (Fsp3) is 0.346. The van der Waals surface area contributed by atoms with Crippen LogP contribution in [0, 0.1) is 0 Å². The third kappa shape index (κ3) is 5.25. The van der Waals surface area contributed by atoms with Crippen molar-refractivity contribution in [1.82, 2.24) is 4.98 Å². The van der Waals surface area contributed by atoms with Gasteiger partial charge in [0, 0.05) is 42.1 Å². The third-order valence-electron chi connectivity index (χ3n) is 5.77. The minimum atomic E-state index is -0.590. The van der Waals surface area contributed by atoms with Gasteiger partial charge in [0.1, 0.15) is 5.75 Å². The summed E-state index contributed by atoms with van der Waals surface area (Å²) in [6.45, 7) is 2.84. The molecule has 1 aliphatic rings. The van der Waals surface area contributed by atoms with E-state index >= 15 is 0 Å². The van der Waals surface area contributed by atoms with Gasteiger partial charge in [0.05, 0.1) is 0 Å². The van der Waals surface area contributed by atoms with E-state index in [0.29, 0.717) is 24.3 Å². The van der Waals surface area contributed by atoms with Gasteiger partial charge >= 0.3 is 0 Å². The van der Waals surface area contributed by atoms with Gasteiger partial charge in [-0.3, -0.25) is 14.6 Å². The van der Waals surface area contributed by atoms with Crippen molar-refractivity contribution in [3.63, 3.8) is 0 Å². The van der Waals surface area contributed by atoms with Crippen LogP contribution in [0.15, 0.2) is 60.9 Å². The maximum atomic E-state index is 13.0. The summed E-state index contributed by atoms with van der Waals surface area (Å²) in [6.07, 6.45) is 8.03. The Kier molecular flexibility index (Phi) is 7.00. The lowest BCUT2D eigenvalue weighted by Gasteiger charge is -2.27. The summed E-state index contributed by atoms with van der Waals surface area (Å²) >= 11 is 0. The zero-order valence-corrected chi connectivity index (χ0v) is 18.4. The molecule has 2 amide bonds. The van der Waals surface area contributed by atoms with E-state index in [1.807, 2.05) is 53.4 Å². The number of hydrogen-bond donors (Lipinski definition) is 1. The molecule has 0 bridgehead atoms. The number of carbonyl (C=O) groups is 2. The van der Waals surface area contributed by atoms with E-state index in [0.717, 1.165) is 48.7 Å². The first-order valence-corrected chi connectivity index (χ1v) is 11.4. The first-order valence-electron chi connectivity index (χ1n) is 11.4. The molecule has 1 aromatic heterocycles. The van der Waals surface area contributed by atoms with Gasteiger partial charge in [0.25, 0.3) is 5.91 Å². The van der Waals surface area contributed by atoms with Crippen molar-refractivity contribution in [2.45, 2.75) is 51.6 Å². The lowest BCUT2D eigenvalue weighted by atomic mass is 10.1. The van der Waals surface area contributed by atoms with Crippen molar-refractivity contribution in [2.24, 2.45) is 0 Å². The standard InChI is InChI=1S/C26H29N3O3/c1-2-3-6-24(32-23-13-8-19-14-15-27-18-20(19)17-23)26(31)28-21-9-11-22(12-10-21)29-16-5-4-7-25(29)30/h8-15,17-18,24H,2-7,16H2,1H3,(H,28,31). The number of ether oxygens (including phenoxy) is 1. The van der Waals surface area contributed by atoms with Crippen molar-refractivity contribution in [3.8, 4) is 5.75 Å². The third-order valence-corrected chi connectivity index (χ3v) is 5.77. The number of amides is 2. The molecule has 1 fully saturated rings. The van der Waals surface area contributed by atoms with Crippen LogP contribution in [0.1, 0.15) is 45.4 Å². The molecule has 166 valence electrons. The molecule has 1 unspecified atom stereocenters. The van der Waals surface area contributed by atoms with Crippen LogP contribution in [0.4, 0.5) is 11.4 Å². The Bertz CT molecular complexity index is 1080. The minimum absolute atomic E-state index is 0.159. The van der Waals surface area contributed by atoms with Gasteiger partial charge in [-0.05, 0) is 73.5 Å². The number of piperidine rings is 1. The number of unbranched alkanes of at least 4 members (excludes halogenated alkanes) is 1.